The van der Waals surface area contributed by atoms with Gasteiger partial charge in [0.1, 0.15) is 11.2 Å². The number of hydrogen-bond donors (Lipinski definition) is 0. The van der Waals surface area contributed by atoms with Crippen LogP contribution >= 0.6 is 11.3 Å². The highest BCUT2D eigenvalue weighted by atomic mass is 32.1. The monoisotopic (exact) mass is 758 g/mol. The summed E-state index contributed by atoms with van der Waals surface area (Å²) in [6.07, 6.45) is 0. The molecule has 0 amide bonds. The smallest absolute Gasteiger partial charge is 0.145 e. The van der Waals surface area contributed by atoms with Crippen molar-refractivity contribution in [3.8, 4) is 27.9 Å². The highest BCUT2D eigenvalue weighted by molar-refractivity contribution is 7.26. The third kappa shape index (κ3) is 5.12. The summed E-state index contributed by atoms with van der Waals surface area (Å²) in [5, 5.41) is 7.23. The van der Waals surface area contributed by atoms with E-state index >= 15 is 0 Å². The van der Waals surface area contributed by atoms with E-state index in [2.05, 4.69) is 210 Å². The predicted octanol–water partition coefficient (Wildman–Crippen LogP) is 15.9. The molecular weight excluding hydrogens is 725 g/mol. The maximum Gasteiger partial charge on any atom is 0.145 e. The van der Waals surface area contributed by atoms with Crippen molar-refractivity contribution in [1.82, 2.24) is 4.57 Å². The van der Waals surface area contributed by atoms with Crippen molar-refractivity contribution in [3.63, 3.8) is 0 Å². The molecule has 58 heavy (non-hydrogen) atoms. The van der Waals surface area contributed by atoms with Gasteiger partial charge in [-0.2, -0.15) is 0 Å². The van der Waals surface area contributed by atoms with Crippen molar-refractivity contribution in [3.05, 3.63) is 206 Å². The molecule has 0 fully saturated rings. The normalized spacial score (nSPS) is 11.8. The average molecular weight is 759 g/mol. The van der Waals surface area contributed by atoms with Crippen LogP contribution in [-0.2, 0) is 0 Å². The maximum absolute atomic E-state index is 6.56. The topological polar surface area (TPSA) is 21.3 Å². The van der Waals surface area contributed by atoms with Crippen LogP contribution in [0.5, 0.6) is 0 Å². The summed E-state index contributed by atoms with van der Waals surface area (Å²) in [6, 6.07) is 74.3. The van der Waals surface area contributed by atoms with E-state index in [9.17, 15) is 0 Å². The quantitative estimate of drug-likeness (QED) is 0.168. The Morgan fingerprint density at radius 3 is 1.78 bits per heavy atom. The second kappa shape index (κ2) is 13.1. The first-order chi connectivity index (χ1) is 28.8. The molecule has 4 heteroatoms. The number of nitrogens with zero attached hydrogens (tertiary/aromatic N) is 2. The number of para-hydroxylation sites is 2. The molecule has 0 saturated carbocycles. The molecule has 0 spiro atoms. The van der Waals surface area contributed by atoms with Crippen molar-refractivity contribution in [2.75, 3.05) is 4.90 Å². The van der Waals surface area contributed by atoms with Crippen LogP contribution in [0.1, 0.15) is 0 Å². The summed E-state index contributed by atoms with van der Waals surface area (Å²) in [5.41, 5.74) is 13.3. The first-order valence-corrected chi connectivity index (χ1v) is 20.5. The predicted molar refractivity (Wildman–Crippen MR) is 247 cm³/mol. The minimum absolute atomic E-state index is 0.910. The van der Waals surface area contributed by atoms with Crippen LogP contribution in [0.3, 0.4) is 0 Å². The van der Waals surface area contributed by atoms with Gasteiger partial charge in [0.2, 0.25) is 0 Å². The van der Waals surface area contributed by atoms with E-state index in [1.54, 1.807) is 0 Å². The van der Waals surface area contributed by atoms with E-state index in [1.807, 2.05) is 17.4 Å². The minimum atomic E-state index is 0.910. The summed E-state index contributed by atoms with van der Waals surface area (Å²) in [4.78, 5) is 2.35. The number of thiophene rings is 1. The van der Waals surface area contributed by atoms with Gasteiger partial charge in [-0.15, -0.1) is 11.3 Å². The van der Waals surface area contributed by atoms with Crippen LogP contribution in [0.15, 0.2) is 211 Å². The van der Waals surface area contributed by atoms with Crippen LogP contribution in [-0.4, -0.2) is 4.57 Å². The zero-order valence-corrected chi connectivity index (χ0v) is 32.2. The number of aromatic nitrogens is 1. The third-order valence-corrected chi connectivity index (χ3v) is 12.8. The molecule has 0 radical (unpaired) electrons. The van der Waals surface area contributed by atoms with E-state index in [1.165, 1.54) is 47.8 Å². The van der Waals surface area contributed by atoms with E-state index in [0.29, 0.717) is 0 Å². The van der Waals surface area contributed by atoms with Gasteiger partial charge in [-0.25, -0.2) is 0 Å². The Morgan fingerprint density at radius 1 is 0.397 bits per heavy atom. The van der Waals surface area contributed by atoms with Gasteiger partial charge < -0.3 is 13.9 Å². The third-order valence-electron chi connectivity index (χ3n) is 11.6. The summed E-state index contributed by atoms with van der Waals surface area (Å²) in [6.45, 7) is 0. The lowest BCUT2D eigenvalue weighted by molar-refractivity contribution is 0.673. The second-order valence-electron chi connectivity index (χ2n) is 14.9. The molecule has 272 valence electrons. The van der Waals surface area contributed by atoms with Crippen LogP contribution in [0.25, 0.3) is 91.9 Å². The zero-order chi connectivity index (χ0) is 38.2. The molecule has 0 aliphatic rings. The van der Waals surface area contributed by atoms with Crippen LogP contribution in [0.2, 0.25) is 0 Å². The van der Waals surface area contributed by atoms with Crippen molar-refractivity contribution in [1.29, 1.82) is 0 Å². The van der Waals surface area contributed by atoms with Gasteiger partial charge in [-0.3, -0.25) is 0 Å². The molecular formula is C54H34N2OS. The minimum Gasteiger partial charge on any atom is -0.455 e. The highest BCUT2D eigenvalue weighted by Gasteiger charge is 2.20. The molecule has 3 aromatic heterocycles. The maximum atomic E-state index is 6.56. The van der Waals surface area contributed by atoms with Gasteiger partial charge >= 0.3 is 0 Å². The second-order valence-corrected chi connectivity index (χ2v) is 15.9. The summed E-state index contributed by atoms with van der Waals surface area (Å²) < 4.78 is 11.6. The molecule has 0 unspecified atom stereocenters. The fraction of sp³-hybridized carbons (Fsp3) is 0. The molecule has 0 saturated heterocycles. The lowest BCUT2D eigenvalue weighted by Gasteiger charge is -2.26. The Hall–Kier alpha value is -7.40. The fourth-order valence-electron chi connectivity index (χ4n) is 8.91. The number of rotatable bonds is 6. The Labute approximate surface area is 338 Å². The highest BCUT2D eigenvalue weighted by Crippen LogP contribution is 2.43. The first-order valence-electron chi connectivity index (χ1n) is 19.7. The molecule has 0 bridgehead atoms. The molecule has 3 heterocycles. The van der Waals surface area contributed by atoms with E-state index in [-0.39, 0.29) is 0 Å². The summed E-state index contributed by atoms with van der Waals surface area (Å²) >= 11 is 1.87. The molecule has 12 rings (SSSR count). The lowest BCUT2D eigenvalue weighted by Crippen LogP contribution is -2.10. The SMILES string of the molecule is c1ccc(-c2ccc(N(c3ccc(-c4cccc5c4sc4ccccc45)cc3)c3ccc(-n4c5ccccc5c5c6oc7ccccc7c6ccc54)cc3)cc2)cc1. The van der Waals surface area contributed by atoms with Crippen molar-refractivity contribution < 1.29 is 4.42 Å². The Kier molecular flexibility index (Phi) is 7.40. The number of anilines is 3. The molecule has 12 aromatic rings. The van der Waals surface area contributed by atoms with Crippen molar-refractivity contribution in [2.45, 2.75) is 0 Å². The largest absolute Gasteiger partial charge is 0.455 e. The van der Waals surface area contributed by atoms with Gasteiger partial charge in [0, 0.05) is 59.1 Å². The van der Waals surface area contributed by atoms with Crippen molar-refractivity contribution >= 4 is 92.3 Å². The number of fused-ring (bicyclic) bond motifs is 10. The molecule has 3 nitrogen and oxygen atoms in total. The van der Waals surface area contributed by atoms with Crippen molar-refractivity contribution in [2.24, 2.45) is 0 Å². The fourth-order valence-corrected chi connectivity index (χ4v) is 10.1. The van der Waals surface area contributed by atoms with Crippen LogP contribution in [0.4, 0.5) is 17.1 Å². The standard InChI is InChI=1S/C54H34N2OS/c1-2-11-35(12-3-1)36-21-25-38(26-22-36)55(39-27-23-37(24-28-39)42-16-10-17-46-44-14-6-9-20-51(44)58-54(42)46)40-29-31-41(32-30-40)56-48-18-7-4-15-47(48)52-49(56)34-33-45-43-13-5-8-19-50(43)57-53(45)52/h1-34H. The molecule has 0 aliphatic heterocycles. The zero-order valence-electron chi connectivity index (χ0n) is 31.3. The molecule has 0 atom stereocenters. The summed E-state index contributed by atoms with van der Waals surface area (Å²) in [7, 11) is 0. The Balaban J connectivity index is 0.977. The number of benzene rings is 9. The average Bonchev–Trinajstić information content (AvgIpc) is 3.97. The van der Waals surface area contributed by atoms with Crippen LogP contribution in [0, 0.1) is 0 Å². The van der Waals surface area contributed by atoms with E-state index in [4.69, 9.17) is 4.42 Å². The van der Waals surface area contributed by atoms with Gasteiger partial charge in [0.05, 0.1) is 16.4 Å². The molecule has 0 aliphatic carbocycles. The molecule has 0 N–H and O–H groups in total. The molecule has 9 aromatic carbocycles. The van der Waals surface area contributed by atoms with Crippen LogP contribution < -0.4 is 4.90 Å². The van der Waals surface area contributed by atoms with Gasteiger partial charge in [-0.1, -0.05) is 127 Å². The van der Waals surface area contributed by atoms with Gasteiger partial charge in [0.25, 0.3) is 0 Å². The lowest BCUT2D eigenvalue weighted by atomic mass is 10.0. The first kappa shape index (κ1) is 32.8. The van der Waals surface area contributed by atoms with Gasteiger partial charge in [0.15, 0.2) is 0 Å². The Morgan fingerprint density at radius 2 is 1.00 bits per heavy atom. The summed E-state index contributed by atoms with van der Waals surface area (Å²) in [5.74, 6) is 0. The van der Waals surface area contributed by atoms with E-state index in [0.717, 1.165) is 61.1 Å². The number of furan rings is 1. The van der Waals surface area contributed by atoms with Gasteiger partial charge in [-0.05, 0) is 101 Å². The van der Waals surface area contributed by atoms with E-state index < -0.39 is 0 Å². The Bertz CT molecular complexity index is 3480. The number of hydrogen-bond acceptors (Lipinski definition) is 3.